The second-order valence-electron chi connectivity index (χ2n) is 9.54. The molecule has 0 N–H and O–H groups in total. The lowest BCUT2D eigenvalue weighted by atomic mass is 9.87. The molecule has 4 aliphatic rings. The molecule has 6 atom stereocenters. The SMILES string of the molecule is CN1[C@@H]2CCC[C@H]1CC2.COC(=O)[C@H]1[C@@H](OC(=O)c2ccccc2)C[C@@H]2CC[C@H]1N2C. The molecular weight excluding hydrogens is 392 g/mol. The summed E-state index contributed by atoms with van der Waals surface area (Å²) in [5.74, 6) is -1.06. The molecule has 0 amide bonds. The van der Waals surface area contributed by atoms with E-state index in [-0.39, 0.29) is 18.0 Å². The summed E-state index contributed by atoms with van der Waals surface area (Å²) in [6, 6.07) is 11.3. The maximum Gasteiger partial charge on any atom is 0.338 e. The van der Waals surface area contributed by atoms with Crippen LogP contribution in [0.5, 0.6) is 0 Å². The van der Waals surface area contributed by atoms with E-state index in [0.717, 1.165) is 24.9 Å². The van der Waals surface area contributed by atoms with Gasteiger partial charge in [-0.1, -0.05) is 24.6 Å². The number of benzene rings is 1. The molecule has 4 saturated heterocycles. The first-order valence-corrected chi connectivity index (χ1v) is 11.8. The zero-order chi connectivity index (χ0) is 22.0. The van der Waals surface area contributed by atoms with Crippen LogP contribution in [0.25, 0.3) is 0 Å². The summed E-state index contributed by atoms with van der Waals surface area (Å²) in [6.07, 6.45) is 9.62. The monoisotopic (exact) mass is 428 g/mol. The Bertz CT molecular complexity index is 754. The summed E-state index contributed by atoms with van der Waals surface area (Å²) in [4.78, 5) is 29.3. The van der Waals surface area contributed by atoms with Crippen LogP contribution in [0.3, 0.4) is 0 Å². The molecule has 4 aliphatic heterocycles. The topological polar surface area (TPSA) is 59.1 Å². The third-order valence-corrected chi connectivity index (χ3v) is 8.02. The second kappa shape index (κ2) is 9.70. The number of piperidine rings is 2. The van der Waals surface area contributed by atoms with E-state index in [1.165, 1.54) is 39.2 Å². The van der Waals surface area contributed by atoms with Crippen LogP contribution in [0.4, 0.5) is 0 Å². The Morgan fingerprint density at radius 2 is 1.52 bits per heavy atom. The number of rotatable bonds is 3. The van der Waals surface area contributed by atoms with E-state index < -0.39 is 12.0 Å². The van der Waals surface area contributed by atoms with Crippen molar-refractivity contribution < 1.29 is 19.1 Å². The maximum absolute atomic E-state index is 12.3. The van der Waals surface area contributed by atoms with E-state index in [0.29, 0.717) is 18.0 Å². The molecule has 1 aromatic carbocycles. The Balaban J connectivity index is 0.000000212. The van der Waals surface area contributed by atoms with Gasteiger partial charge in [0.1, 0.15) is 12.0 Å². The van der Waals surface area contributed by atoms with E-state index in [2.05, 4.69) is 16.8 Å². The molecule has 6 nitrogen and oxygen atoms in total. The van der Waals surface area contributed by atoms with Gasteiger partial charge >= 0.3 is 11.9 Å². The van der Waals surface area contributed by atoms with Crippen molar-refractivity contribution in [3.05, 3.63) is 35.9 Å². The van der Waals surface area contributed by atoms with Crippen LogP contribution in [-0.4, -0.2) is 73.2 Å². The standard InChI is InChI=1S/C17H21NO4.C8H15N/c1-18-12-8-9-13(18)15(17(20)21-2)14(10-12)22-16(19)11-6-4-3-5-7-11;1-9-7-3-2-4-8(9)6-5-7/h3-7,12-15H,8-10H2,1-2H3;7-8H,2-6H2,1H3/t12-,13+,14-,15+;7-,8+/m0./s1. The van der Waals surface area contributed by atoms with Crippen LogP contribution in [0.15, 0.2) is 30.3 Å². The number of hydrogen-bond acceptors (Lipinski definition) is 6. The van der Waals surface area contributed by atoms with Crippen molar-refractivity contribution >= 4 is 11.9 Å². The van der Waals surface area contributed by atoms with Crippen molar-refractivity contribution in [3.8, 4) is 0 Å². The van der Waals surface area contributed by atoms with Gasteiger partial charge in [0.2, 0.25) is 0 Å². The summed E-state index contributed by atoms with van der Waals surface area (Å²) < 4.78 is 10.6. The van der Waals surface area contributed by atoms with Crippen LogP contribution in [0.2, 0.25) is 0 Å². The first-order chi connectivity index (χ1) is 15.0. The Kier molecular flexibility index (Phi) is 6.97. The largest absolute Gasteiger partial charge is 0.469 e. The van der Waals surface area contributed by atoms with Crippen molar-refractivity contribution in [1.29, 1.82) is 0 Å². The third kappa shape index (κ3) is 4.65. The highest BCUT2D eigenvalue weighted by Gasteiger charge is 2.51. The van der Waals surface area contributed by atoms with Crippen LogP contribution < -0.4 is 0 Å². The van der Waals surface area contributed by atoms with Crippen LogP contribution in [0.1, 0.15) is 61.7 Å². The number of carbonyl (C=O) groups excluding carboxylic acids is 2. The molecule has 0 unspecified atom stereocenters. The fourth-order valence-corrected chi connectivity index (χ4v) is 6.14. The van der Waals surface area contributed by atoms with Crippen LogP contribution in [-0.2, 0) is 14.3 Å². The van der Waals surface area contributed by atoms with Crippen molar-refractivity contribution in [2.75, 3.05) is 21.2 Å². The number of nitrogens with zero attached hydrogens (tertiary/aromatic N) is 2. The highest BCUT2D eigenvalue weighted by atomic mass is 16.6. The molecule has 4 bridgehead atoms. The zero-order valence-corrected chi connectivity index (χ0v) is 19.0. The fraction of sp³-hybridized carbons (Fsp3) is 0.680. The van der Waals surface area contributed by atoms with Crippen LogP contribution in [0, 0.1) is 5.92 Å². The summed E-state index contributed by atoms with van der Waals surface area (Å²) in [5.41, 5.74) is 0.511. The highest BCUT2D eigenvalue weighted by molar-refractivity contribution is 5.89. The minimum atomic E-state index is -0.408. The Morgan fingerprint density at radius 1 is 0.871 bits per heavy atom. The number of ether oxygens (including phenoxy) is 2. The minimum absolute atomic E-state index is 0.0970. The van der Waals surface area contributed by atoms with Gasteiger partial charge in [-0.3, -0.25) is 9.69 Å². The molecule has 5 rings (SSSR count). The summed E-state index contributed by atoms with van der Waals surface area (Å²) >= 11 is 0. The van der Waals surface area contributed by atoms with Gasteiger partial charge in [0.25, 0.3) is 0 Å². The Hall–Kier alpha value is -1.92. The molecule has 6 heteroatoms. The lowest BCUT2D eigenvalue weighted by Gasteiger charge is -2.40. The lowest BCUT2D eigenvalue weighted by molar-refractivity contribution is -0.156. The number of hydrogen-bond donors (Lipinski definition) is 0. The van der Waals surface area contributed by atoms with Gasteiger partial charge in [0.05, 0.1) is 12.7 Å². The summed E-state index contributed by atoms with van der Waals surface area (Å²) in [7, 11) is 5.72. The highest BCUT2D eigenvalue weighted by Crippen LogP contribution is 2.40. The molecule has 170 valence electrons. The smallest absolute Gasteiger partial charge is 0.338 e. The van der Waals surface area contributed by atoms with Gasteiger partial charge in [0, 0.05) is 30.6 Å². The van der Waals surface area contributed by atoms with Crippen molar-refractivity contribution in [2.24, 2.45) is 5.92 Å². The molecule has 0 aliphatic carbocycles. The van der Waals surface area contributed by atoms with E-state index in [9.17, 15) is 9.59 Å². The van der Waals surface area contributed by atoms with Crippen LogP contribution >= 0.6 is 0 Å². The van der Waals surface area contributed by atoms with Gasteiger partial charge in [-0.05, 0) is 64.8 Å². The van der Waals surface area contributed by atoms with E-state index in [1.807, 2.05) is 13.1 Å². The number of carbonyl (C=O) groups is 2. The van der Waals surface area contributed by atoms with Gasteiger partial charge < -0.3 is 14.4 Å². The zero-order valence-electron chi connectivity index (χ0n) is 19.0. The molecule has 0 radical (unpaired) electrons. The predicted molar refractivity (Wildman–Crippen MR) is 119 cm³/mol. The maximum atomic E-state index is 12.3. The average Bonchev–Trinajstić information content (AvgIpc) is 3.12. The number of esters is 2. The Morgan fingerprint density at radius 3 is 2.13 bits per heavy atom. The van der Waals surface area contributed by atoms with Gasteiger partial charge in [-0.25, -0.2) is 4.79 Å². The molecular formula is C25H36N2O4. The van der Waals surface area contributed by atoms with Crippen molar-refractivity contribution in [2.45, 2.75) is 81.6 Å². The average molecular weight is 429 g/mol. The third-order valence-electron chi connectivity index (χ3n) is 8.02. The van der Waals surface area contributed by atoms with Gasteiger partial charge in [-0.2, -0.15) is 0 Å². The molecule has 0 aromatic heterocycles. The van der Waals surface area contributed by atoms with Crippen molar-refractivity contribution in [3.63, 3.8) is 0 Å². The van der Waals surface area contributed by atoms with E-state index in [1.54, 1.807) is 24.3 Å². The first-order valence-electron chi connectivity index (χ1n) is 11.8. The summed E-state index contributed by atoms with van der Waals surface area (Å²) in [5, 5.41) is 0. The molecule has 1 aromatic rings. The minimum Gasteiger partial charge on any atom is -0.469 e. The van der Waals surface area contributed by atoms with Crippen molar-refractivity contribution in [1.82, 2.24) is 9.80 Å². The summed E-state index contributed by atoms with van der Waals surface area (Å²) in [6.45, 7) is 0. The molecule has 4 fully saturated rings. The predicted octanol–water partition coefficient (Wildman–Crippen LogP) is 3.50. The molecule has 31 heavy (non-hydrogen) atoms. The molecule has 0 spiro atoms. The molecule has 4 heterocycles. The number of methoxy groups -OCH3 is 1. The quantitative estimate of drug-likeness (QED) is 0.687. The first kappa shape index (κ1) is 22.3. The lowest BCUT2D eigenvalue weighted by Crippen LogP contribution is -2.53. The van der Waals surface area contributed by atoms with Gasteiger partial charge in [-0.15, -0.1) is 0 Å². The second-order valence-corrected chi connectivity index (χ2v) is 9.54. The van der Waals surface area contributed by atoms with Gasteiger partial charge in [0.15, 0.2) is 0 Å². The van der Waals surface area contributed by atoms with E-state index in [4.69, 9.17) is 9.47 Å². The fourth-order valence-electron chi connectivity index (χ4n) is 6.14. The van der Waals surface area contributed by atoms with E-state index >= 15 is 0 Å². The molecule has 0 saturated carbocycles. The Labute approximate surface area is 185 Å². The normalized spacial score (nSPS) is 34.5. The number of fused-ring (bicyclic) bond motifs is 4.